The molecule has 5 heteroatoms. The highest BCUT2D eigenvalue weighted by molar-refractivity contribution is 7.91. The molecule has 0 radical (unpaired) electrons. The van der Waals surface area contributed by atoms with Crippen molar-refractivity contribution in [2.75, 3.05) is 5.75 Å². The molecule has 1 aromatic heterocycles. The van der Waals surface area contributed by atoms with Crippen LogP contribution in [0.25, 0.3) is 22.7 Å². The van der Waals surface area contributed by atoms with Gasteiger partial charge in [0.2, 0.25) is 5.89 Å². The van der Waals surface area contributed by atoms with Crippen molar-refractivity contribution in [3.05, 3.63) is 60.0 Å². The monoisotopic (exact) mass is 327 g/mol. The third-order valence-electron chi connectivity index (χ3n) is 3.62. The summed E-state index contributed by atoms with van der Waals surface area (Å²) in [7, 11) is -3.25. The average Bonchev–Trinajstić information content (AvgIpc) is 2.99. The first-order valence-electron chi connectivity index (χ1n) is 7.36. The van der Waals surface area contributed by atoms with Crippen LogP contribution in [0.2, 0.25) is 0 Å². The number of rotatable bonds is 4. The van der Waals surface area contributed by atoms with E-state index in [0.29, 0.717) is 17.0 Å². The van der Waals surface area contributed by atoms with Gasteiger partial charge in [-0.1, -0.05) is 37.3 Å². The van der Waals surface area contributed by atoms with Gasteiger partial charge in [-0.2, -0.15) is 0 Å². The van der Waals surface area contributed by atoms with Gasteiger partial charge in [0.25, 0.3) is 0 Å². The molecule has 0 spiro atoms. The Morgan fingerprint density at radius 2 is 1.91 bits per heavy atom. The summed E-state index contributed by atoms with van der Waals surface area (Å²) in [5.41, 5.74) is 3.07. The first-order chi connectivity index (χ1) is 11.0. The average molecular weight is 327 g/mol. The van der Waals surface area contributed by atoms with Crippen LogP contribution in [0, 0.1) is 0 Å². The molecule has 3 aromatic rings. The molecule has 0 aliphatic heterocycles. The summed E-state index contributed by atoms with van der Waals surface area (Å²) in [4.78, 5) is 4.69. The summed E-state index contributed by atoms with van der Waals surface area (Å²) >= 11 is 0. The number of sulfone groups is 1. The van der Waals surface area contributed by atoms with Crippen molar-refractivity contribution in [1.29, 1.82) is 0 Å². The molecule has 0 atom stereocenters. The molecular formula is C18H17NO3S. The smallest absolute Gasteiger partial charge is 0.222 e. The van der Waals surface area contributed by atoms with Crippen molar-refractivity contribution in [2.24, 2.45) is 0 Å². The molecule has 1 heterocycles. The topological polar surface area (TPSA) is 60.2 Å². The number of hydrogen-bond donors (Lipinski definition) is 0. The Labute approximate surface area is 135 Å². The zero-order chi connectivity index (χ0) is 16.4. The highest BCUT2D eigenvalue weighted by Gasteiger charge is 2.15. The molecular weight excluding hydrogens is 310 g/mol. The van der Waals surface area contributed by atoms with E-state index < -0.39 is 9.84 Å². The van der Waals surface area contributed by atoms with Gasteiger partial charge >= 0.3 is 0 Å². The molecule has 0 N–H and O–H groups in total. The lowest BCUT2D eigenvalue weighted by molar-refractivity contribution is 0.584. The van der Waals surface area contributed by atoms with E-state index in [1.807, 2.05) is 43.3 Å². The molecule has 23 heavy (non-hydrogen) atoms. The summed E-state index contributed by atoms with van der Waals surface area (Å²) in [5.74, 6) is 0.561. The largest absolute Gasteiger partial charge is 0.436 e. The lowest BCUT2D eigenvalue weighted by atomic mass is 10.1. The second-order valence-corrected chi connectivity index (χ2v) is 7.57. The van der Waals surface area contributed by atoms with Crippen LogP contribution in [0.15, 0.2) is 57.8 Å². The normalized spacial score (nSPS) is 12.7. The number of allylic oxidation sites excluding steroid dienone is 1. The summed E-state index contributed by atoms with van der Waals surface area (Å²) in [5, 5.41) is 0. The van der Waals surface area contributed by atoms with E-state index in [1.54, 1.807) is 25.1 Å². The zero-order valence-electron chi connectivity index (χ0n) is 13.0. The third-order valence-corrected chi connectivity index (χ3v) is 5.35. The SMILES string of the molecule is CCS(=O)(=O)c1ccc2oc(/C(C)=C/c3ccccc3)nc2c1. The van der Waals surface area contributed by atoms with E-state index in [9.17, 15) is 8.42 Å². The van der Waals surface area contributed by atoms with Crippen molar-refractivity contribution in [2.45, 2.75) is 18.7 Å². The quantitative estimate of drug-likeness (QED) is 0.721. The summed E-state index contributed by atoms with van der Waals surface area (Å²) in [6.07, 6.45) is 1.98. The minimum atomic E-state index is -3.25. The van der Waals surface area contributed by atoms with Crippen LogP contribution in [0.4, 0.5) is 0 Å². The van der Waals surface area contributed by atoms with Gasteiger partial charge in [-0.25, -0.2) is 13.4 Å². The fourth-order valence-corrected chi connectivity index (χ4v) is 3.20. The van der Waals surface area contributed by atoms with Gasteiger partial charge in [-0.15, -0.1) is 0 Å². The number of nitrogens with zero attached hydrogens (tertiary/aromatic N) is 1. The van der Waals surface area contributed by atoms with Crippen LogP contribution >= 0.6 is 0 Å². The van der Waals surface area contributed by atoms with Crippen LogP contribution in [-0.4, -0.2) is 19.2 Å². The third kappa shape index (κ3) is 3.19. The maximum atomic E-state index is 12.0. The van der Waals surface area contributed by atoms with Crippen molar-refractivity contribution in [3.63, 3.8) is 0 Å². The van der Waals surface area contributed by atoms with Crippen molar-refractivity contribution < 1.29 is 12.8 Å². The van der Waals surface area contributed by atoms with Gasteiger partial charge in [0.05, 0.1) is 10.6 Å². The number of fused-ring (bicyclic) bond motifs is 1. The van der Waals surface area contributed by atoms with Crippen molar-refractivity contribution in [1.82, 2.24) is 4.98 Å². The van der Waals surface area contributed by atoms with Gasteiger partial charge < -0.3 is 4.42 Å². The Kier molecular flexibility index (Phi) is 4.05. The Morgan fingerprint density at radius 1 is 1.17 bits per heavy atom. The fourth-order valence-electron chi connectivity index (χ4n) is 2.30. The van der Waals surface area contributed by atoms with E-state index in [2.05, 4.69) is 4.98 Å². The van der Waals surface area contributed by atoms with Crippen LogP contribution < -0.4 is 0 Å². The van der Waals surface area contributed by atoms with Crippen molar-refractivity contribution in [3.8, 4) is 0 Å². The van der Waals surface area contributed by atoms with Crippen LogP contribution in [0.3, 0.4) is 0 Å². The molecule has 0 bridgehead atoms. The predicted octanol–water partition coefficient (Wildman–Crippen LogP) is 4.18. The first-order valence-corrected chi connectivity index (χ1v) is 9.02. The molecule has 0 amide bonds. The second kappa shape index (κ2) is 6.01. The lowest BCUT2D eigenvalue weighted by Gasteiger charge is -1.99. The summed E-state index contributed by atoms with van der Waals surface area (Å²) < 4.78 is 29.6. The highest BCUT2D eigenvalue weighted by Crippen LogP contribution is 2.25. The second-order valence-electron chi connectivity index (χ2n) is 5.29. The predicted molar refractivity (Wildman–Crippen MR) is 91.7 cm³/mol. The number of aromatic nitrogens is 1. The molecule has 0 unspecified atom stereocenters. The standard InChI is InChI=1S/C18H17NO3S/c1-3-23(20,21)15-9-10-17-16(12-15)19-18(22-17)13(2)11-14-7-5-4-6-8-14/h4-12H,3H2,1-2H3/b13-11+. The van der Waals surface area contributed by atoms with E-state index >= 15 is 0 Å². The molecule has 3 rings (SSSR count). The molecule has 0 fully saturated rings. The molecule has 0 saturated heterocycles. The van der Waals surface area contributed by atoms with Crippen LogP contribution in [-0.2, 0) is 9.84 Å². The molecule has 0 aliphatic rings. The van der Waals surface area contributed by atoms with E-state index in [1.165, 1.54) is 0 Å². The maximum Gasteiger partial charge on any atom is 0.222 e. The molecule has 4 nitrogen and oxygen atoms in total. The Bertz CT molecular complexity index is 970. The van der Waals surface area contributed by atoms with Crippen LogP contribution in [0.5, 0.6) is 0 Å². The van der Waals surface area contributed by atoms with Gasteiger partial charge in [0.1, 0.15) is 5.52 Å². The summed E-state index contributed by atoms with van der Waals surface area (Å²) in [6, 6.07) is 14.7. The number of hydrogen-bond acceptors (Lipinski definition) is 4. The van der Waals surface area contributed by atoms with Crippen molar-refractivity contribution >= 4 is 32.6 Å². The number of oxazole rings is 1. The lowest BCUT2D eigenvalue weighted by Crippen LogP contribution is -2.03. The summed E-state index contributed by atoms with van der Waals surface area (Å²) in [6.45, 7) is 3.54. The highest BCUT2D eigenvalue weighted by atomic mass is 32.2. The number of benzene rings is 2. The Morgan fingerprint density at radius 3 is 2.61 bits per heavy atom. The molecule has 0 saturated carbocycles. The van der Waals surface area contributed by atoms with E-state index in [4.69, 9.17) is 4.42 Å². The molecule has 2 aromatic carbocycles. The Hall–Kier alpha value is -2.40. The zero-order valence-corrected chi connectivity index (χ0v) is 13.8. The van der Waals surface area contributed by atoms with Gasteiger partial charge in [0.15, 0.2) is 15.4 Å². The van der Waals surface area contributed by atoms with E-state index in [-0.39, 0.29) is 10.6 Å². The minimum absolute atomic E-state index is 0.0656. The fraction of sp³-hybridized carbons (Fsp3) is 0.167. The van der Waals surface area contributed by atoms with E-state index in [0.717, 1.165) is 11.1 Å². The van der Waals surface area contributed by atoms with Gasteiger partial charge in [0, 0.05) is 5.57 Å². The first kappa shape index (κ1) is 15.5. The maximum absolute atomic E-state index is 12.0. The van der Waals surface area contributed by atoms with Crippen LogP contribution in [0.1, 0.15) is 25.3 Å². The van der Waals surface area contributed by atoms with Gasteiger partial charge in [-0.05, 0) is 36.8 Å². The minimum Gasteiger partial charge on any atom is -0.436 e. The molecule has 0 aliphatic carbocycles. The van der Waals surface area contributed by atoms with Gasteiger partial charge in [-0.3, -0.25) is 0 Å². The Balaban J connectivity index is 2.02. The molecule has 118 valence electrons.